The van der Waals surface area contributed by atoms with Gasteiger partial charge in [-0.1, -0.05) is 0 Å². The first-order valence-corrected chi connectivity index (χ1v) is 7.14. The van der Waals surface area contributed by atoms with E-state index in [2.05, 4.69) is 4.98 Å². The van der Waals surface area contributed by atoms with Gasteiger partial charge in [0.15, 0.2) is 0 Å². The van der Waals surface area contributed by atoms with Crippen LogP contribution in [-0.2, 0) is 17.9 Å². The lowest BCUT2D eigenvalue weighted by molar-refractivity contribution is -0.131. The number of nitrogens with zero attached hydrogens (tertiary/aromatic N) is 4. The monoisotopic (exact) mass is 326 g/mol. The molecular formula is C15H20F2N4O2. The molecule has 0 aliphatic heterocycles. The maximum Gasteiger partial charge on any atom is 0.319 e. The number of alkyl halides is 2. The molecule has 2 heterocycles. The van der Waals surface area contributed by atoms with Gasteiger partial charge in [0.25, 0.3) is 0 Å². The Bertz CT molecular complexity index is 653. The summed E-state index contributed by atoms with van der Waals surface area (Å²) in [6.07, 6.45) is 2.55. The quantitative estimate of drug-likeness (QED) is 0.783. The molecule has 23 heavy (non-hydrogen) atoms. The molecule has 6 nitrogen and oxygen atoms in total. The molecule has 0 bridgehead atoms. The van der Waals surface area contributed by atoms with Crippen molar-refractivity contribution in [2.24, 2.45) is 0 Å². The van der Waals surface area contributed by atoms with Gasteiger partial charge in [-0.3, -0.25) is 14.3 Å². The summed E-state index contributed by atoms with van der Waals surface area (Å²) in [7, 11) is 3.36. The molecule has 0 unspecified atom stereocenters. The van der Waals surface area contributed by atoms with Gasteiger partial charge in [0, 0.05) is 19.4 Å². The molecule has 8 heteroatoms. The van der Waals surface area contributed by atoms with Gasteiger partial charge in [0.05, 0.1) is 19.6 Å². The number of halogens is 2. The summed E-state index contributed by atoms with van der Waals surface area (Å²) in [4.78, 5) is 19.3. The third-order valence-electron chi connectivity index (χ3n) is 3.39. The Hall–Kier alpha value is -2.22. The van der Waals surface area contributed by atoms with E-state index >= 15 is 0 Å². The van der Waals surface area contributed by atoms with E-state index in [9.17, 15) is 13.6 Å². The Morgan fingerprint density at radius 3 is 2.70 bits per heavy atom. The molecule has 0 aromatic carbocycles. The lowest BCUT2D eigenvalue weighted by Gasteiger charge is -2.21. The van der Waals surface area contributed by atoms with Gasteiger partial charge >= 0.3 is 6.55 Å². The second kappa shape index (κ2) is 7.36. The molecule has 0 atom stereocenters. The highest BCUT2D eigenvalue weighted by molar-refractivity contribution is 5.77. The van der Waals surface area contributed by atoms with Crippen LogP contribution in [0.4, 0.5) is 8.78 Å². The number of likely N-dealkylation sites (N-methyl/N-ethyl adjacent to an activating group) is 2. The molecule has 2 rings (SSSR count). The smallest absolute Gasteiger partial charge is 0.319 e. The van der Waals surface area contributed by atoms with E-state index in [1.165, 1.54) is 17.3 Å². The van der Waals surface area contributed by atoms with Gasteiger partial charge in [0.1, 0.15) is 17.3 Å². The van der Waals surface area contributed by atoms with Gasteiger partial charge in [-0.25, -0.2) is 4.98 Å². The van der Waals surface area contributed by atoms with Crippen molar-refractivity contribution in [2.75, 3.05) is 20.6 Å². The number of aromatic nitrogens is 2. The van der Waals surface area contributed by atoms with Crippen molar-refractivity contribution < 1.29 is 18.0 Å². The number of hydrogen-bond donors (Lipinski definition) is 0. The van der Waals surface area contributed by atoms with Crippen molar-refractivity contribution in [1.29, 1.82) is 0 Å². The maximum absolute atomic E-state index is 12.8. The fourth-order valence-electron chi connectivity index (χ4n) is 2.19. The first-order chi connectivity index (χ1) is 10.9. The van der Waals surface area contributed by atoms with Gasteiger partial charge in [-0.15, -0.1) is 0 Å². The largest absolute Gasteiger partial charge is 0.464 e. The molecule has 0 saturated carbocycles. The van der Waals surface area contributed by atoms with Gasteiger partial charge in [-0.05, 0) is 26.1 Å². The van der Waals surface area contributed by atoms with Crippen molar-refractivity contribution in [3.63, 3.8) is 0 Å². The normalized spacial score (nSPS) is 11.4. The average molecular weight is 326 g/mol. The number of hydrogen-bond acceptors (Lipinski definition) is 4. The van der Waals surface area contributed by atoms with E-state index in [1.54, 1.807) is 19.0 Å². The van der Waals surface area contributed by atoms with E-state index in [1.807, 2.05) is 19.1 Å². The lowest BCUT2D eigenvalue weighted by Crippen LogP contribution is -2.36. The molecule has 0 aliphatic carbocycles. The van der Waals surface area contributed by atoms with Crippen LogP contribution in [-0.4, -0.2) is 45.9 Å². The van der Waals surface area contributed by atoms with E-state index < -0.39 is 6.55 Å². The predicted octanol–water partition coefficient (Wildman–Crippen LogP) is 2.27. The number of carbonyl (C=O) groups excluding carboxylic acids is 1. The molecule has 1 amide bonds. The van der Waals surface area contributed by atoms with Crippen molar-refractivity contribution in [1.82, 2.24) is 19.4 Å². The van der Waals surface area contributed by atoms with Crippen molar-refractivity contribution in [2.45, 2.75) is 26.6 Å². The Balaban J connectivity index is 1.87. The summed E-state index contributed by atoms with van der Waals surface area (Å²) >= 11 is 0. The molecule has 0 saturated heterocycles. The topological polar surface area (TPSA) is 54.5 Å². The Kier molecular flexibility index (Phi) is 5.49. The SMILES string of the molecule is Cc1ccc(CN(C)C(=O)CN(C)Cc2nccn2C(F)F)o1. The molecule has 2 aromatic rings. The minimum Gasteiger partial charge on any atom is -0.464 e. The fraction of sp³-hybridized carbons (Fsp3) is 0.467. The number of carbonyl (C=O) groups is 1. The van der Waals surface area contributed by atoms with Gasteiger partial charge in [-0.2, -0.15) is 8.78 Å². The molecule has 0 fully saturated rings. The van der Waals surface area contributed by atoms with Crippen LogP contribution in [0.15, 0.2) is 28.9 Å². The van der Waals surface area contributed by atoms with Gasteiger partial charge in [0.2, 0.25) is 5.91 Å². The minimum absolute atomic E-state index is 0.103. The van der Waals surface area contributed by atoms with Crippen LogP contribution in [0.3, 0.4) is 0 Å². The fourth-order valence-corrected chi connectivity index (χ4v) is 2.19. The number of aryl methyl sites for hydroxylation is 1. The highest BCUT2D eigenvalue weighted by Gasteiger charge is 2.17. The average Bonchev–Trinajstić information content (AvgIpc) is 3.07. The highest BCUT2D eigenvalue weighted by Crippen LogP contribution is 2.14. The summed E-state index contributed by atoms with van der Waals surface area (Å²) in [6.45, 7) is -0.166. The van der Waals surface area contributed by atoms with E-state index in [-0.39, 0.29) is 24.8 Å². The Labute approximate surface area is 133 Å². The molecular weight excluding hydrogens is 306 g/mol. The molecule has 0 aliphatic rings. The first-order valence-electron chi connectivity index (χ1n) is 7.14. The lowest BCUT2D eigenvalue weighted by atomic mass is 10.4. The molecule has 0 N–H and O–H groups in total. The summed E-state index contributed by atoms with van der Waals surface area (Å²) in [5, 5.41) is 0. The van der Waals surface area contributed by atoms with Crippen LogP contribution in [0.2, 0.25) is 0 Å². The Morgan fingerprint density at radius 2 is 2.09 bits per heavy atom. The molecule has 126 valence electrons. The summed E-state index contributed by atoms with van der Waals surface area (Å²) < 4.78 is 31.8. The third kappa shape index (κ3) is 4.62. The predicted molar refractivity (Wildman–Crippen MR) is 79.7 cm³/mol. The second-order valence-corrected chi connectivity index (χ2v) is 5.46. The standard InChI is InChI=1S/C15H20F2N4O2/c1-11-4-5-12(23-11)8-20(3)14(22)10-19(2)9-13-18-6-7-21(13)15(16)17/h4-7,15H,8-10H2,1-3H3. The second-order valence-electron chi connectivity index (χ2n) is 5.46. The molecule has 0 radical (unpaired) electrons. The van der Waals surface area contributed by atoms with E-state index in [0.29, 0.717) is 12.3 Å². The Morgan fingerprint density at radius 1 is 1.35 bits per heavy atom. The van der Waals surface area contributed by atoms with Gasteiger partial charge < -0.3 is 9.32 Å². The summed E-state index contributed by atoms with van der Waals surface area (Å²) in [5.41, 5.74) is 0. The zero-order valence-corrected chi connectivity index (χ0v) is 13.4. The number of amides is 1. The zero-order valence-electron chi connectivity index (χ0n) is 13.4. The van der Waals surface area contributed by atoms with Crippen LogP contribution in [0.5, 0.6) is 0 Å². The number of imidazole rings is 1. The van der Waals surface area contributed by atoms with Crippen molar-refractivity contribution in [3.8, 4) is 0 Å². The van der Waals surface area contributed by atoms with Crippen molar-refractivity contribution in [3.05, 3.63) is 41.9 Å². The number of rotatable bonds is 7. The van der Waals surface area contributed by atoms with Crippen LogP contribution in [0.1, 0.15) is 23.9 Å². The first kappa shape index (κ1) is 17.1. The zero-order chi connectivity index (χ0) is 17.0. The number of furan rings is 1. The van der Waals surface area contributed by atoms with Crippen molar-refractivity contribution >= 4 is 5.91 Å². The van der Waals surface area contributed by atoms with Crippen LogP contribution in [0.25, 0.3) is 0 Å². The third-order valence-corrected chi connectivity index (χ3v) is 3.39. The molecule has 2 aromatic heterocycles. The van der Waals surface area contributed by atoms with Crippen LogP contribution < -0.4 is 0 Å². The highest BCUT2D eigenvalue weighted by atomic mass is 19.3. The van der Waals surface area contributed by atoms with E-state index in [4.69, 9.17) is 4.42 Å². The van der Waals surface area contributed by atoms with Crippen LogP contribution >= 0.6 is 0 Å². The van der Waals surface area contributed by atoms with E-state index in [0.717, 1.165) is 10.3 Å². The summed E-state index contributed by atoms with van der Waals surface area (Å²) in [6, 6.07) is 3.66. The molecule has 0 spiro atoms. The van der Waals surface area contributed by atoms with Crippen LogP contribution in [0, 0.1) is 6.92 Å². The maximum atomic E-state index is 12.8. The minimum atomic E-state index is -2.64. The summed E-state index contributed by atoms with van der Waals surface area (Å²) in [5.74, 6) is 1.59.